The number of fused-ring (bicyclic) bond motifs is 1. The maximum Gasteiger partial charge on any atom is 0.244 e. The highest BCUT2D eigenvalue weighted by molar-refractivity contribution is 6.06. The molecule has 4 N–H and O–H groups in total. The van der Waals surface area contributed by atoms with Crippen molar-refractivity contribution in [1.29, 1.82) is 0 Å². The van der Waals surface area contributed by atoms with Crippen LogP contribution in [0.25, 0.3) is 22.2 Å². The number of benzene rings is 1. The molecule has 3 aromatic heterocycles. The number of H-pyrrole nitrogens is 1. The van der Waals surface area contributed by atoms with Crippen molar-refractivity contribution in [2.45, 2.75) is 12.6 Å². The summed E-state index contributed by atoms with van der Waals surface area (Å²) in [7, 11) is 3.66. The standard InChI is InChI=1S/C27H31FN8O3/c1-35-8-10-36(11-9-35)23(16-39-2)26(38)33-22-5-3-4-19-20(13-30-25(19)22)24-21(28)14-31-27(34-24)32-17-6-7-18(15-37)29-12-17/h3-7,12-14,23,30,37H,8-11,15-16H2,1-2H3,(H,33,38)(H,31,32,34)/t23-/m1/s1. The maximum atomic E-state index is 14.9. The van der Waals surface area contributed by atoms with Crippen LogP contribution in [0, 0.1) is 5.82 Å². The number of nitrogens with zero attached hydrogens (tertiary/aromatic N) is 5. The van der Waals surface area contributed by atoms with Crippen LogP contribution in [-0.4, -0.2) is 93.7 Å². The largest absolute Gasteiger partial charge is 0.390 e. The Labute approximate surface area is 225 Å². The van der Waals surface area contributed by atoms with Crippen LogP contribution in [0.15, 0.2) is 48.9 Å². The fourth-order valence-electron chi connectivity index (χ4n) is 4.65. The number of hydrogen-bond acceptors (Lipinski definition) is 9. The Kier molecular flexibility index (Phi) is 8.07. The van der Waals surface area contributed by atoms with E-state index in [2.05, 4.69) is 47.4 Å². The Bertz CT molecular complexity index is 1440. The Hall–Kier alpha value is -3.97. The number of aliphatic hydroxyl groups is 1. The number of ether oxygens (including phenoxy) is 1. The summed E-state index contributed by atoms with van der Waals surface area (Å²) >= 11 is 0. The first-order valence-electron chi connectivity index (χ1n) is 12.6. The second kappa shape index (κ2) is 11.8. The van der Waals surface area contributed by atoms with Gasteiger partial charge in [-0.25, -0.2) is 14.4 Å². The van der Waals surface area contributed by atoms with Crippen molar-refractivity contribution in [3.63, 3.8) is 0 Å². The number of anilines is 3. The zero-order valence-electron chi connectivity index (χ0n) is 21.8. The molecule has 4 heterocycles. The second-order valence-corrected chi connectivity index (χ2v) is 9.44. The lowest BCUT2D eigenvalue weighted by Gasteiger charge is -2.36. The summed E-state index contributed by atoms with van der Waals surface area (Å²) in [4.78, 5) is 33.5. The first-order valence-corrected chi connectivity index (χ1v) is 12.6. The first kappa shape index (κ1) is 26.6. The topological polar surface area (TPSA) is 132 Å². The van der Waals surface area contributed by atoms with Gasteiger partial charge in [-0.05, 0) is 25.2 Å². The van der Waals surface area contributed by atoms with Gasteiger partial charge in [0.25, 0.3) is 0 Å². The number of halogens is 1. The van der Waals surface area contributed by atoms with Crippen molar-refractivity contribution in [3.8, 4) is 11.3 Å². The molecule has 1 amide bonds. The van der Waals surface area contributed by atoms with E-state index in [1.165, 1.54) is 6.20 Å². The number of aromatic nitrogens is 4. The molecule has 0 radical (unpaired) electrons. The highest BCUT2D eigenvalue weighted by Crippen LogP contribution is 2.33. The minimum absolute atomic E-state index is 0.108. The Morgan fingerprint density at radius 2 is 2.00 bits per heavy atom. The molecule has 12 heteroatoms. The number of hydrogen-bond donors (Lipinski definition) is 4. The predicted molar refractivity (Wildman–Crippen MR) is 146 cm³/mol. The van der Waals surface area contributed by atoms with E-state index in [9.17, 15) is 14.3 Å². The molecule has 0 spiro atoms. The summed E-state index contributed by atoms with van der Waals surface area (Å²) in [5.74, 6) is -0.552. The minimum atomic E-state index is -0.583. The number of nitrogens with one attached hydrogen (secondary N) is 3. The Balaban J connectivity index is 1.39. The van der Waals surface area contributed by atoms with Gasteiger partial charge < -0.3 is 30.4 Å². The second-order valence-electron chi connectivity index (χ2n) is 9.44. The SMILES string of the molecule is COC[C@H](C(=O)Nc1cccc2c(-c3nc(Nc4ccc(CO)nc4)ncc3F)c[nH]c12)N1CCN(C)CC1. The molecule has 0 unspecified atom stereocenters. The van der Waals surface area contributed by atoms with E-state index in [0.717, 1.165) is 32.4 Å². The third kappa shape index (κ3) is 5.88. The van der Waals surface area contributed by atoms with Crippen LogP contribution >= 0.6 is 0 Å². The average Bonchev–Trinajstić information content (AvgIpc) is 3.39. The molecule has 5 rings (SSSR count). The number of amides is 1. The van der Waals surface area contributed by atoms with E-state index >= 15 is 0 Å². The van der Waals surface area contributed by atoms with Gasteiger partial charge in [-0.1, -0.05) is 12.1 Å². The van der Waals surface area contributed by atoms with E-state index in [4.69, 9.17) is 4.74 Å². The molecule has 11 nitrogen and oxygen atoms in total. The Morgan fingerprint density at radius 1 is 1.18 bits per heavy atom. The quantitative estimate of drug-likeness (QED) is 0.256. The van der Waals surface area contributed by atoms with Crippen LogP contribution in [0.2, 0.25) is 0 Å². The molecule has 4 aromatic rings. The number of piperazine rings is 1. The molecule has 204 valence electrons. The maximum absolute atomic E-state index is 14.9. The summed E-state index contributed by atoms with van der Waals surface area (Å²) in [6, 6.07) is 8.43. The number of para-hydroxylation sites is 1. The summed E-state index contributed by atoms with van der Waals surface area (Å²) < 4.78 is 20.3. The lowest BCUT2D eigenvalue weighted by atomic mass is 10.1. The molecule has 39 heavy (non-hydrogen) atoms. The number of pyridine rings is 1. The van der Waals surface area contributed by atoms with Gasteiger partial charge in [0.15, 0.2) is 5.82 Å². The normalized spacial score (nSPS) is 15.4. The van der Waals surface area contributed by atoms with E-state index in [0.29, 0.717) is 33.5 Å². The van der Waals surface area contributed by atoms with Crippen molar-refractivity contribution in [2.75, 3.05) is 57.6 Å². The fraction of sp³-hybridized carbons (Fsp3) is 0.333. The average molecular weight is 535 g/mol. The third-order valence-electron chi connectivity index (χ3n) is 6.82. The molecule has 1 aliphatic rings. The van der Waals surface area contributed by atoms with E-state index < -0.39 is 11.9 Å². The fourth-order valence-corrected chi connectivity index (χ4v) is 4.65. The molecular formula is C27H31FN8O3. The summed E-state index contributed by atoms with van der Waals surface area (Å²) in [6.07, 6.45) is 4.31. The third-order valence-corrected chi connectivity index (χ3v) is 6.82. The number of carbonyl (C=O) groups is 1. The predicted octanol–water partition coefficient (Wildman–Crippen LogP) is 2.60. The molecule has 1 fully saturated rings. The molecule has 0 aliphatic carbocycles. The first-order chi connectivity index (χ1) is 19.0. The van der Waals surface area contributed by atoms with E-state index in [-0.39, 0.29) is 30.8 Å². The number of aromatic amines is 1. The number of carbonyl (C=O) groups excluding carboxylic acids is 1. The zero-order valence-corrected chi connectivity index (χ0v) is 21.8. The van der Waals surface area contributed by atoms with Crippen LogP contribution < -0.4 is 10.6 Å². The summed E-state index contributed by atoms with van der Waals surface area (Å²) in [5, 5.41) is 15.9. The van der Waals surface area contributed by atoms with Crippen molar-refractivity contribution >= 4 is 34.1 Å². The van der Waals surface area contributed by atoms with Gasteiger partial charge >= 0.3 is 0 Å². The van der Waals surface area contributed by atoms with Crippen LogP contribution in [-0.2, 0) is 16.1 Å². The lowest BCUT2D eigenvalue weighted by Crippen LogP contribution is -2.54. The van der Waals surface area contributed by atoms with Crippen LogP contribution in [0.5, 0.6) is 0 Å². The van der Waals surface area contributed by atoms with Gasteiger partial charge in [0.2, 0.25) is 11.9 Å². The van der Waals surface area contributed by atoms with Gasteiger partial charge in [0, 0.05) is 50.4 Å². The van der Waals surface area contributed by atoms with Gasteiger partial charge in [-0.15, -0.1) is 0 Å². The summed E-state index contributed by atoms with van der Waals surface area (Å²) in [5.41, 5.74) is 3.01. The summed E-state index contributed by atoms with van der Waals surface area (Å²) in [6.45, 7) is 3.44. The van der Waals surface area contributed by atoms with Crippen molar-refractivity contribution in [3.05, 3.63) is 60.4 Å². The van der Waals surface area contributed by atoms with Crippen LogP contribution in [0.4, 0.5) is 21.7 Å². The van der Waals surface area contributed by atoms with Gasteiger partial charge in [-0.2, -0.15) is 0 Å². The van der Waals surface area contributed by atoms with Crippen LogP contribution in [0.1, 0.15) is 5.69 Å². The van der Waals surface area contributed by atoms with Gasteiger partial charge in [0.1, 0.15) is 11.7 Å². The lowest BCUT2D eigenvalue weighted by molar-refractivity contribution is -0.124. The Morgan fingerprint density at radius 3 is 2.72 bits per heavy atom. The number of rotatable bonds is 9. The van der Waals surface area contributed by atoms with Crippen molar-refractivity contribution < 1.29 is 19.0 Å². The highest BCUT2D eigenvalue weighted by Gasteiger charge is 2.29. The monoisotopic (exact) mass is 534 g/mol. The van der Waals surface area contributed by atoms with Crippen molar-refractivity contribution in [1.82, 2.24) is 29.7 Å². The van der Waals surface area contributed by atoms with Gasteiger partial charge in [0.05, 0.1) is 48.2 Å². The molecule has 1 atom stereocenters. The molecule has 0 saturated carbocycles. The van der Waals surface area contributed by atoms with E-state index in [1.807, 2.05) is 12.1 Å². The zero-order chi connectivity index (χ0) is 27.4. The van der Waals surface area contributed by atoms with Gasteiger partial charge in [-0.3, -0.25) is 14.7 Å². The van der Waals surface area contributed by atoms with Crippen molar-refractivity contribution in [2.24, 2.45) is 0 Å². The smallest absolute Gasteiger partial charge is 0.244 e. The molecular weight excluding hydrogens is 503 g/mol. The number of aliphatic hydroxyl groups excluding tert-OH is 1. The van der Waals surface area contributed by atoms with Crippen LogP contribution in [0.3, 0.4) is 0 Å². The molecule has 0 bridgehead atoms. The molecule has 1 aliphatic heterocycles. The minimum Gasteiger partial charge on any atom is -0.390 e. The molecule has 1 aromatic carbocycles. The van der Waals surface area contributed by atoms with E-state index in [1.54, 1.807) is 31.5 Å². The number of methoxy groups -OCH3 is 1. The highest BCUT2D eigenvalue weighted by atomic mass is 19.1. The molecule has 1 saturated heterocycles. The number of likely N-dealkylation sites (N-methyl/N-ethyl adjacent to an activating group) is 1.